The number of alkyl halides is 8. The van der Waals surface area contributed by atoms with Gasteiger partial charge < -0.3 is 10.7 Å². The highest BCUT2D eigenvalue weighted by molar-refractivity contribution is 6.08. The number of halogens is 8. The summed E-state index contributed by atoms with van der Waals surface area (Å²) in [5.41, 5.74) is -4.69. The van der Waals surface area contributed by atoms with E-state index in [1.54, 1.807) is 0 Å². The van der Waals surface area contributed by atoms with Crippen molar-refractivity contribution in [3.63, 3.8) is 0 Å². The lowest BCUT2D eigenvalue weighted by Crippen LogP contribution is -2.44. The van der Waals surface area contributed by atoms with E-state index in [-0.39, 0.29) is 25.0 Å². The minimum atomic E-state index is -5.87. The number of aromatic nitrogens is 2. The highest BCUT2D eigenvalue weighted by Gasteiger charge is 2.57. The molecular formula is C14H12F8N4O. The smallest absolute Gasteiger partial charge is 0.384 e. The second kappa shape index (κ2) is 6.93. The molecule has 13 heteroatoms. The molecule has 0 unspecified atom stereocenters. The van der Waals surface area contributed by atoms with Crippen molar-refractivity contribution in [2.45, 2.75) is 37.7 Å². The van der Waals surface area contributed by atoms with Crippen LogP contribution in [-0.4, -0.2) is 34.4 Å². The summed E-state index contributed by atoms with van der Waals surface area (Å²) in [4.78, 5) is 15.8. The first-order chi connectivity index (χ1) is 12.3. The van der Waals surface area contributed by atoms with E-state index in [1.807, 2.05) is 0 Å². The van der Waals surface area contributed by atoms with E-state index >= 15 is 0 Å². The molecule has 0 saturated carbocycles. The maximum Gasteiger partial charge on any atom is 0.455 e. The molecule has 0 aliphatic carbocycles. The predicted octanol–water partition coefficient (Wildman–Crippen LogP) is 2.99. The lowest BCUT2D eigenvalue weighted by atomic mass is 10.1. The first-order valence-electron chi connectivity index (χ1n) is 7.39. The monoisotopic (exact) mass is 404 g/mol. The van der Waals surface area contributed by atoms with Crippen LogP contribution in [-0.2, 0) is 19.1 Å². The Morgan fingerprint density at radius 2 is 1.81 bits per heavy atom. The fraction of sp³-hybridized carbons (Fsp3) is 0.500. The summed E-state index contributed by atoms with van der Waals surface area (Å²) in [6.07, 6.45) is -9.90. The molecule has 0 amide bonds. The van der Waals surface area contributed by atoms with E-state index in [4.69, 9.17) is 5.41 Å². The molecule has 150 valence electrons. The molecule has 2 rings (SSSR count). The molecule has 0 bridgehead atoms. The van der Waals surface area contributed by atoms with Crippen LogP contribution in [0.25, 0.3) is 5.57 Å². The van der Waals surface area contributed by atoms with Gasteiger partial charge in [0, 0.05) is 31.0 Å². The zero-order chi connectivity index (χ0) is 20.6. The molecular weight excluding hydrogens is 392 g/mol. The fourth-order valence-corrected chi connectivity index (χ4v) is 2.46. The summed E-state index contributed by atoms with van der Waals surface area (Å²) in [6.45, 7) is -1.90. The van der Waals surface area contributed by atoms with E-state index < -0.39 is 47.2 Å². The Bertz CT molecular complexity index is 822. The van der Waals surface area contributed by atoms with Gasteiger partial charge >= 0.3 is 18.3 Å². The second-order valence-corrected chi connectivity index (χ2v) is 5.64. The van der Waals surface area contributed by atoms with Crippen LogP contribution >= 0.6 is 0 Å². The van der Waals surface area contributed by atoms with Crippen molar-refractivity contribution >= 4 is 11.8 Å². The Balaban J connectivity index is 2.48. The number of nitrogens with zero attached hydrogens (tertiary/aromatic N) is 2. The lowest BCUT2D eigenvalue weighted by molar-refractivity contribution is -0.278. The van der Waals surface area contributed by atoms with Gasteiger partial charge in [0.25, 0.3) is 5.56 Å². The van der Waals surface area contributed by atoms with Gasteiger partial charge in [0.2, 0.25) is 0 Å². The van der Waals surface area contributed by atoms with Crippen molar-refractivity contribution in [1.82, 2.24) is 14.9 Å². The van der Waals surface area contributed by atoms with Crippen molar-refractivity contribution in [3.8, 4) is 0 Å². The normalized spacial score (nSPS) is 15.6. The molecule has 1 aromatic rings. The Morgan fingerprint density at radius 1 is 1.19 bits per heavy atom. The molecule has 1 aromatic heterocycles. The molecule has 0 saturated heterocycles. The van der Waals surface area contributed by atoms with Crippen LogP contribution in [0.2, 0.25) is 0 Å². The Morgan fingerprint density at radius 3 is 2.33 bits per heavy atom. The van der Waals surface area contributed by atoms with E-state index in [1.165, 1.54) is 5.32 Å². The second-order valence-electron chi connectivity index (χ2n) is 5.64. The molecule has 0 aromatic carbocycles. The van der Waals surface area contributed by atoms with Gasteiger partial charge in [0.05, 0.1) is 12.1 Å². The lowest BCUT2D eigenvalue weighted by Gasteiger charge is -2.19. The molecule has 5 nitrogen and oxygen atoms in total. The SMILES string of the molecule is N=C/C(=C\NCC(F)(F)C(F)(F)F)c1c(C(F)(F)F)nc2n(c1=O)CCC2. The minimum absolute atomic E-state index is 0.0805. The standard InChI is InChI=1S/C14H12F8N4O/c15-12(16,14(20,21)22)6-24-5-7(4-23)9-10(13(17,18)19)25-8-2-1-3-26(8)11(9)27/h4-5,23-24H,1-3,6H2/b7-5+,23-4?. The third-order valence-electron chi connectivity index (χ3n) is 3.74. The van der Waals surface area contributed by atoms with E-state index in [2.05, 4.69) is 4.98 Å². The quantitative estimate of drug-likeness (QED) is 0.586. The van der Waals surface area contributed by atoms with Crippen LogP contribution in [0.15, 0.2) is 11.0 Å². The first-order valence-corrected chi connectivity index (χ1v) is 7.39. The molecule has 0 spiro atoms. The molecule has 0 fully saturated rings. The van der Waals surface area contributed by atoms with E-state index in [9.17, 15) is 39.9 Å². The largest absolute Gasteiger partial charge is 0.455 e. The van der Waals surface area contributed by atoms with Crippen LogP contribution in [0.3, 0.4) is 0 Å². The van der Waals surface area contributed by atoms with Gasteiger partial charge in [-0.3, -0.25) is 9.36 Å². The maximum absolute atomic E-state index is 13.3. The Labute approximate surface area is 146 Å². The third-order valence-corrected chi connectivity index (χ3v) is 3.74. The van der Waals surface area contributed by atoms with Crippen molar-refractivity contribution in [2.24, 2.45) is 0 Å². The Hall–Kier alpha value is -2.47. The number of rotatable bonds is 5. The van der Waals surface area contributed by atoms with Crippen molar-refractivity contribution in [2.75, 3.05) is 6.54 Å². The molecule has 1 aliphatic rings. The van der Waals surface area contributed by atoms with E-state index in [0.717, 1.165) is 4.57 Å². The van der Waals surface area contributed by atoms with Crippen LogP contribution in [0.4, 0.5) is 35.1 Å². The maximum atomic E-state index is 13.3. The molecule has 0 radical (unpaired) electrons. The highest BCUT2D eigenvalue weighted by atomic mass is 19.4. The highest BCUT2D eigenvalue weighted by Crippen LogP contribution is 2.35. The summed E-state index contributed by atoms with van der Waals surface area (Å²) in [5.74, 6) is -5.27. The average Bonchev–Trinajstić information content (AvgIpc) is 2.99. The predicted molar refractivity (Wildman–Crippen MR) is 77.6 cm³/mol. The summed E-state index contributed by atoms with van der Waals surface area (Å²) in [6, 6.07) is 0. The zero-order valence-electron chi connectivity index (χ0n) is 13.3. The summed E-state index contributed by atoms with van der Waals surface area (Å²) < 4.78 is 103. The van der Waals surface area contributed by atoms with Crippen molar-refractivity contribution in [3.05, 3.63) is 33.6 Å². The average molecular weight is 404 g/mol. The number of hydrogen-bond acceptors (Lipinski definition) is 4. The van der Waals surface area contributed by atoms with Crippen molar-refractivity contribution in [1.29, 1.82) is 5.41 Å². The van der Waals surface area contributed by atoms with Crippen molar-refractivity contribution < 1.29 is 35.1 Å². The fourth-order valence-electron chi connectivity index (χ4n) is 2.46. The first kappa shape index (κ1) is 20.8. The Kier molecular flexibility index (Phi) is 5.34. The number of fused-ring (bicyclic) bond motifs is 1. The summed E-state index contributed by atoms with van der Waals surface area (Å²) in [7, 11) is 0. The van der Waals surface area contributed by atoms with Gasteiger partial charge in [-0.25, -0.2) is 4.98 Å². The van der Waals surface area contributed by atoms with E-state index in [0.29, 0.717) is 12.6 Å². The zero-order valence-corrected chi connectivity index (χ0v) is 13.3. The molecule has 1 aliphatic heterocycles. The molecule has 2 N–H and O–H groups in total. The van der Waals surface area contributed by atoms with Gasteiger partial charge in [-0.2, -0.15) is 35.1 Å². The number of hydrogen-bond donors (Lipinski definition) is 2. The summed E-state index contributed by atoms with van der Waals surface area (Å²) >= 11 is 0. The van der Waals surface area contributed by atoms with Gasteiger partial charge in [-0.15, -0.1) is 0 Å². The van der Waals surface area contributed by atoms with Crippen LogP contribution in [0.5, 0.6) is 0 Å². The molecule has 27 heavy (non-hydrogen) atoms. The summed E-state index contributed by atoms with van der Waals surface area (Å²) in [5, 5.41) is 8.69. The number of allylic oxidation sites excluding steroid dienone is 1. The van der Waals surface area contributed by atoms with Crippen LogP contribution in [0.1, 0.15) is 23.5 Å². The number of nitrogens with one attached hydrogen (secondary N) is 2. The molecule has 2 heterocycles. The minimum Gasteiger partial charge on any atom is -0.384 e. The number of aryl methyl sites for hydroxylation is 1. The third kappa shape index (κ3) is 4.11. The van der Waals surface area contributed by atoms with Gasteiger partial charge in [0.15, 0.2) is 5.69 Å². The van der Waals surface area contributed by atoms with Gasteiger partial charge in [-0.1, -0.05) is 0 Å². The van der Waals surface area contributed by atoms with Crippen LogP contribution in [0, 0.1) is 5.41 Å². The van der Waals surface area contributed by atoms with Gasteiger partial charge in [-0.05, 0) is 6.42 Å². The molecule has 0 atom stereocenters. The van der Waals surface area contributed by atoms with Crippen LogP contribution < -0.4 is 10.9 Å². The van der Waals surface area contributed by atoms with Gasteiger partial charge in [0.1, 0.15) is 5.82 Å². The topological polar surface area (TPSA) is 70.8 Å².